The Morgan fingerprint density at radius 1 is 1.43 bits per heavy atom. The van der Waals surface area contributed by atoms with Crippen LogP contribution in [0.15, 0.2) is 11.6 Å². The van der Waals surface area contributed by atoms with Crippen molar-refractivity contribution in [3.63, 3.8) is 0 Å². The Bertz CT molecular complexity index is 242. The molecule has 0 aromatic carbocycles. The molecule has 2 N–H and O–H groups in total. The molecule has 1 atom stereocenters. The van der Waals surface area contributed by atoms with Crippen LogP contribution in [0.25, 0.3) is 0 Å². The molecule has 2 nitrogen and oxygen atoms in total. The smallest absolute Gasteiger partial charge is 0.112 e. The summed E-state index contributed by atoms with van der Waals surface area (Å²) in [6, 6.07) is 0. The van der Waals surface area contributed by atoms with Gasteiger partial charge < -0.3 is 5.73 Å². The predicted molar refractivity (Wildman–Crippen MR) is 62.4 cm³/mol. The van der Waals surface area contributed by atoms with Gasteiger partial charge in [-0.2, -0.15) is 0 Å². The van der Waals surface area contributed by atoms with Crippen LogP contribution in [-0.2, 0) is 5.54 Å². The Kier molecular flexibility index (Phi) is 4.55. The minimum Gasteiger partial charge on any atom is -0.320 e. The highest BCUT2D eigenvalue weighted by atomic mass is 32.1. The lowest BCUT2D eigenvalue weighted by Gasteiger charge is -2.21. The van der Waals surface area contributed by atoms with Crippen molar-refractivity contribution in [2.45, 2.75) is 51.5 Å². The average molecular weight is 212 g/mol. The van der Waals surface area contributed by atoms with Crippen molar-refractivity contribution >= 4 is 11.3 Å². The van der Waals surface area contributed by atoms with Crippen LogP contribution in [0, 0.1) is 0 Å². The van der Waals surface area contributed by atoms with E-state index in [0.717, 1.165) is 11.4 Å². The van der Waals surface area contributed by atoms with Gasteiger partial charge in [0.25, 0.3) is 0 Å². The maximum absolute atomic E-state index is 6.21. The van der Waals surface area contributed by atoms with Gasteiger partial charge in [-0.3, -0.25) is 0 Å². The molecule has 0 amide bonds. The van der Waals surface area contributed by atoms with Crippen LogP contribution in [0.3, 0.4) is 0 Å². The summed E-state index contributed by atoms with van der Waals surface area (Å²) in [4.78, 5) is 4.28. The third-order valence-electron chi connectivity index (χ3n) is 2.47. The first-order valence-corrected chi connectivity index (χ1v) is 6.23. The fraction of sp³-hybridized carbons (Fsp3) is 0.727. The first-order chi connectivity index (χ1) is 6.67. The molecule has 1 aromatic heterocycles. The maximum Gasteiger partial charge on any atom is 0.112 e. The summed E-state index contributed by atoms with van der Waals surface area (Å²) >= 11 is 1.66. The second-order valence-electron chi connectivity index (χ2n) is 4.07. The normalized spacial score (nSPS) is 15.4. The van der Waals surface area contributed by atoms with Crippen molar-refractivity contribution in [2.24, 2.45) is 5.73 Å². The van der Waals surface area contributed by atoms with Crippen molar-refractivity contribution in [1.82, 2.24) is 4.98 Å². The van der Waals surface area contributed by atoms with Gasteiger partial charge in [-0.15, -0.1) is 11.3 Å². The van der Waals surface area contributed by atoms with Gasteiger partial charge in [0, 0.05) is 11.6 Å². The number of unbranched alkanes of at least 4 members (excludes halogenated alkanes) is 3. The van der Waals surface area contributed by atoms with Crippen molar-refractivity contribution in [3.8, 4) is 0 Å². The van der Waals surface area contributed by atoms with Gasteiger partial charge in [0.1, 0.15) is 5.01 Å². The fourth-order valence-corrected chi connectivity index (χ4v) is 2.28. The topological polar surface area (TPSA) is 38.9 Å². The lowest BCUT2D eigenvalue weighted by atomic mass is 9.96. The molecule has 1 rings (SSSR count). The molecular formula is C11H20N2S. The first kappa shape index (κ1) is 11.7. The van der Waals surface area contributed by atoms with Crippen LogP contribution >= 0.6 is 11.3 Å². The summed E-state index contributed by atoms with van der Waals surface area (Å²) in [5.41, 5.74) is 5.99. The van der Waals surface area contributed by atoms with Crippen LogP contribution in [-0.4, -0.2) is 4.98 Å². The Labute approximate surface area is 90.6 Å². The molecule has 1 unspecified atom stereocenters. The van der Waals surface area contributed by atoms with Gasteiger partial charge in [0.15, 0.2) is 0 Å². The molecule has 3 heteroatoms. The zero-order chi connectivity index (χ0) is 10.4. The van der Waals surface area contributed by atoms with Gasteiger partial charge in [0.2, 0.25) is 0 Å². The Hall–Kier alpha value is -0.410. The fourth-order valence-electron chi connectivity index (χ4n) is 1.53. The van der Waals surface area contributed by atoms with E-state index in [1.54, 1.807) is 11.3 Å². The Morgan fingerprint density at radius 2 is 2.21 bits per heavy atom. The number of aromatic nitrogens is 1. The molecule has 0 spiro atoms. The maximum atomic E-state index is 6.21. The lowest BCUT2D eigenvalue weighted by molar-refractivity contribution is 0.422. The standard InChI is InChI=1S/C11H20N2S/c1-3-4-5-6-7-11(2,12)10-13-8-9-14-10/h8-9H,3-7,12H2,1-2H3. The van der Waals surface area contributed by atoms with E-state index < -0.39 is 0 Å². The second kappa shape index (κ2) is 5.47. The van der Waals surface area contributed by atoms with Gasteiger partial charge in [-0.05, 0) is 13.3 Å². The molecule has 0 fully saturated rings. The molecule has 0 aliphatic rings. The van der Waals surface area contributed by atoms with Crippen LogP contribution in [0.2, 0.25) is 0 Å². The lowest BCUT2D eigenvalue weighted by Crippen LogP contribution is -2.32. The summed E-state index contributed by atoms with van der Waals surface area (Å²) in [6.45, 7) is 4.31. The summed E-state index contributed by atoms with van der Waals surface area (Å²) < 4.78 is 0. The van der Waals surface area contributed by atoms with E-state index in [9.17, 15) is 0 Å². The molecule has 14 heavy (non-hydrogen) atoms. The van der Waals surface area contributed by atoms with E-state index >= 15 is 0 Å². The van der Waals surface area contributed by atoms with E-state index in [0.29, 0.717) is 0 Å². The van der Waals surface area contributed by atoms with Gasteiger partial charge in [0.05, 0.1) is 5.54 Å². The zero-order valence-corrected chi connectivity index (χ0v) is 9.94. The summed E-state index contributed by atoms with van der Waals surface area (Å²) in [5.74, 6) is 0. The van der Waals surface area contributed by atoms with Crippen LogP contribution in [0.4, 0.5) is 0 Å². The highest BCUT2D eigenvalue weighted by Gasteiger charge is 2.22. The third kappa shape index (κ3) is 3.39. The summed E-state index contributed by atoms with van der Waals surface area (Å²) in [7, 11) is 0. The van der Waals surface area contributed by atoms with Gasteiger partial charge >= 0.3 is 0 Å². The van der Waals surface area contributed by atoms with Crippen LogP contribution in [0.1, 0.15) is 51.0 Å². The SMILES string of the molecule is CCCCCCC(C)(N)c1nccs1. The van der Waals surface area contributed by atoms with Crippen molar-refractivity contribution in [3.05, 3.63) is 16.6 Å². The van der Waals surface area contributed by atoms with E-state index in [1.165, 1.54) is 25.7 Å². The molecular weight excluding hydrogens is 192 g/mol. The molecule has 0 aliphatic heterocycles. The number of nitrogens with two attached hydrogens (primary N) is 1. The highest BCUT2D eigenvalue weighted by Crippen LogP contribution is 2.25. The predicted octanol–water partition coefficient (Wildman–Crippen LogP) is 3.29. The van der Waals surface area contributed by atoms with Crippen molar-refractivity contribution in [1.29, 1.82) is 0 Å². The number of hydrogen-bond acceptors (Lipinski definition) is 3. The van der Waals surface area contributed by atoms with Crippen molar-refractivity contribution < 1.29 is 0 Å². The number of hydrogen-bond donors (Lipinski definition) is 1. The summed E-state index contributed by atoms with van der Waals surface area (Å²) in [5, 5.41) is 3.06. The first-order valence-electron chi connectivity index (χ1n) is 5.35. The quantitative estimate of drug-likeness (QED) is 0.735. The minimum absolute atomic E-state index is 0.220. The molecule has 80 valence electrons. The Balaban J connectivity index is 2.35. The number of thiazole rings is 1. The molecule has 0 aliphatic carbocycles. The molecule has 0 saturated carbocycles. The highest BCUT2D eigenvalue weighted by molar-refractivity contribution is 7.09. The summed E-state index contributed by atoms with van der Waals surface area (Å²) in [6.07, 6.45) is 7.96. The molecule has 1 heterocycles. The molecule has 1 aromatic rings. The van der Waals surface area contributed by atoms with E-state index in [1.807, 2.05) is 11.6 Å². The second-order valence-corrected chi connectivity index (χ2v) is 4.96. The number of rotatable bonds is 6. The van der Waals surface area contributed by atoms with E-state index in [2.05, 4.69) is 18.8 Å². The van der Waals surface area contributed by atoms with Gasteiger partial charge in [-0.25, -0.2) is 4.98 Å². The molecule has 0 bridgehead atoms. The minimum atomic E-state index is -0.220. The molecule has 0 saturated heterocycles. The van der Waals surface area contributed by atoms with Gasteiger partial charge in [-0.1, -0.05) is 32.6 Å². The third-order valence-corrected chi connectivity index (χ3v) is 3.52. The Morgan fingerprint density at radius 3 is 2.79 bits per heavy atom. The van der Waals surface area contributed by atoms with E-state index in [-0.39, 0.29) is 5.54 Å². The average Bonchev–Trinajstić information content (AvgIpc) is 2.65. The van der Waals surface area contributed by atoms with Crippen LogP contribution < -0.4 is 5.73 Å². The zero-order valence-electron chi connectivity index (χ0n) is 9.12. The van der Waals surface area contributed by atoms with Crippen LogP contribution in [0.5, 0.6) is 0 Å². The largest absolute Gasteiger partial charge is 0.320 e. The molecule has 0 radical (unpaired) electrons. The van der Waals surface area contributed by atoms with Crippen molar-refractivity contribution in [2.75, 3.05) is 0 Å². The monoisotopic (exact) mass is 212 g/mol. The number of nitrogens with zero attached hydrogens (tertiary/aromatic N) is 1. The van der Waals surface area contributed by atoms with E-state index in [4.69, 9.17) is 5.73 Å².